The van der Waals surface area contributed by atoms with Gasteiger partial charge in [0.05, 0.1) is 0 Å². The van der Waals surface area contributed by atoms with Crippen molar-refractivity contribution >= 4 is 23.2 Å². The number of aliphatic imine (C=N–C) groups is 1. The Morgan fingerprint density at radius 2 is 2.11 bits per heavy atom. The summed E-state index contributed by atoms with van der Waals surface area (Å²) in [5.74, 6) is 0.940. The average Bonchev–Trinajstić information content (AvgIpc) is 3.18. The number of hydrogen-bond donors (Lipinski definition) is 3. The molecule has 0 aromatic carbocycles. The van der Waals surface area contributed by atoms with Crippen LogP contribution in [0.4, 0.5) is 0 Å². The molecule has 0 bridgehead atoms. The fourth-order valence-corrected chi connectivity index (χ4v) is 4.53. The van der Waals surface area contributed by atoms with E-state index in [0.717, 1.165) is 51.3 Å². The van der Waals surface area contributed by atoms with E-state index in [0.29, 0.717) is 19.5 Å². The number of aliphatic hydroxyl groups is 1. The van der Waals surface area contributed by atoms with Crippen molar-refractivity contribution in [1.82, 2.24) is 15.5 Å². The lowest BCUT2D eigenvalue weighted by Gasteiger charge is -2.29. The highest BCUT2D eigenvalue weighted by molar-refractivity contribution is 7.10. The molecule has 1 amide bonds. The number of nitrogens with one attached hydrogen (secondary N) is 2. The lowest BCUT2D eigenvalue weighted by Crippen LogP contribution is -2.41. The van der Waals surface area contributed by atoms with Gasteiger partial charge in [-0.25, -0.2) is 0 Å². The van der Waals surface area contributed by atoms with Gasteiger partial charge in [-0.05, 0) is 55.0 Å². The number of guanidine groups is 1. The second kappa shape index (κ2) is 11.4. The molecule has 1 aromatic heterocycles. The molecule has 0 saturated carbocycles. The van der Waals surface area contributed by atoms with Gasteiger partial charge in [0.15, 0.2) is 5.96 Å². The quantitative estimate of drug-likeness (QED) is 0.411. The predicted octanol–water partition coefficient (Wildman–Crippen LogP) is 2.77. The highest BCUT2D eigenvalue weighted by Gasteiger charge is 2.25. The van der Waals surface area contributed by atoms with Crippen LogP contribution in [0, 0.1) is 5.41 Å². The first-order valence-electron chi connectivity index (χ1n) is 10.5. The average molecular weight is 409 g/mol. The van der Waals surface area contributed by atoms with E-state index in [2.05, 4.69) is 35.9 Å². The maximum absolute atomic E-state index is 12.6. The van der Waals surface area contributed by atoms with E-state index in [1.807, 2.05) is 11.8 Å². The molecule has 3 N–H and O–H groups in total. The summed E-state index contributed by atoms with van der Waals surface area (Å²) in [6.45, 7) is 10.1. The molecule has 0 radical (unpaired) electrons. The normalized spacial score (nSPS) is 14.7. The Morgan fingerprint density at radius 1 is 1.32 bits per heavy atom. The van der Waals surface area contributed by atoms with Crippen LogP contribution in [-0.4, -0.2) is 54.7 Å². The van der Waals surface area contributed by atoms with Gasteiger partial charge in [0, 0.05) is 50.6 Å². The number of carbonyl (C=O) groups is 1. The van der Waals surface area contributed by atoms with E-state index in [4.69, 9.17) is 4.99 Å². The van der Waals surface area contributed by atoms with Gasteiger partial charge in [-0.15, -0.1) is 11.3 Å². The molecule has 1 aliphatic rings. The molecule has 0 saturated heterocycles. The molecule has 0 unspecified atom stereocenters. The standard InChI is InChI=1S/C21H36N4O2S/c1-4-21(5-2,10-13-26)16-24-20(22-6-3)23-11-7-19(27)25-12-8-18-17(15-25)9-14-28-18/h9,14,26H,4-8,10-13,15-16H2,1-3H3,(H2,22,23,24). The second-order valence-electron chi connectivity index (χ2n) is 7.49. The smallest absolute Gasteiger partial charge is 0.224 e. The highest BCUT2D eigenvalue weighted by Crippen LogP contribution is 2.30. The number of carbonyl (C=O) groups excluding carboxylic acids is 1. The maximum Gasteiger partial charge on any atom is 0.224 e. The van der Waals surface area contributed by atoms with Gasteiger partial charge < -0.3 is 20.6 Å². The topological polar surface area (TPSA) is 77.0 Å². The molecule has 0 spiro atoms. The van der Waals surface area contributed by atoms with Crippen LogP contribution in [0.3, 0.4) is 0 Å². The van der Waals surface area contributed by atoms with Crippen LogP contribution >= 0.6 is 11.3 Å². The lowest BCUT2D eigenvalue weighted by molar-refractivity contribution is -0.131. The Morgan fingerprint density at radius 3 is 2.79 bits per heavy atom. The molecule has 28 heavy (non-hydrogen) atoms. The van der Waals surface area contributed by atoms with E-state index < -0.39 is 0 Å². The molecule has 1 aromatic rings. The summed E-state index contributed by atoms with van der Waals surface area (Å²) in [6, 6.07) is 2.13. The minimum atomic E-state index is 0.0406. The third kappa shape index (κ3) is 6.21. The molecule has 0 aliphatic carbocycles. The van der Waals surface area contributed by atoms with Crippen molar-refractivity contribution in [2.45, 2.75) is 59.4 Å². The third-order valence-corrected chi connectivity index (χ3v) is 6.87. The van der Waals surface area contributed by atoms with Crippen LogP contribution in [-0.2, 0) is 17.8 Å². The molecule has 158 valence electrons. The third-order valence-electron chi connectivity index (χ3n) is 5.85. The van der Waals surface area contributed by atoms with Crippen LogP contribution in [0.2, 0.25) is 0 Å². The van der Waals surface area contributed by atoms with Crippen LogP contribution in [0.15, 0.2) is 16.4 Å². The first kappa shape index (κ1) is 22.7. The van der Waals surface area contributed by atoms with Gasteiger partial charge in [0.25, 0.3) is 0 Å². The van der Waals surface area contributed by atoms with Crippen molar-refractivity contribution in [3.8, 4) is 0 Å². The van der Waals surface area contributed by atoms with Crippen molar-refractivity contribution in [3.63, 3.8) is 0 Å². The van der Waals surface area contributed by atoms with Crippen molar-refractivity contribution in [2.24, 2.45) is 10.4 Å². The molecule has 0 atom stereocenters. The Bertz CT molecular complexity index is 640. The number of hydrogen-bond acceptors (Lipinski definition) is 4. The monoisotopic (exact) mass is 408 g/mol. The fraction of sp³-hybridized carbons (Fsp3) is 0.714. The zero-order valence-corrected chi connectivity index (χ0v) is 18.4. The van der Waals surface area contributed by atoms with E-state index in [9.17, 15) is 9.90 Å². The number of aliphatic hydroxyl groups excluding tert-OH is 1. The van der Waals surface area contributed by atoms with Crippen molar-refractivity contribution < 1.29 is 9.90 Å². The van der Waals surface area contributed by atoms with Gasteiger partial charge >= 0.3 is 0 Å². The molecule has 0 fully saturated rings. The summed E-state index contributed by atoms with van der Waals surface area (Å²) < 4.78 is 0. The summed E-state index contributed by atoms with van der Waals surface area (Å²) in [4.78, 5) is 20.7. The van der Waals surface area contributed by atoms with Gasteiger partial charge in [0.1, 0.15) is 0 Å². The van der Waals surface area contributed by atoms with Crippen molar-refractivity contribution in [2.75, 3.05) is 32.8 Å². The van der Waals surface area contributed by atoms with E-state index >= 15 is 0 Å². The van der Waals surface area contributed by atoms with Crippen LogP contribution in [0.5, 0.6) is 0 Å². The Hall–Kier alpha value is -1.60. The molecule has 2 heterocycles. The van der Waals surface area contributed by atoms with E-state index in [1.54, 1.807) is 11.3 Å². The molecule has 7 heteroatoms. The van der Waals surface area contributed by atoms with Crippen LogP contribution < -0.4 is 10.6 Å². The summed E-state index contributed by atoms with van der Waals surface area (Å²) >= 11 is 1.79. The summed E-state index contributed by atoms with van der Waals surface area (Å²) in [6.07, 6.45) is 4.18. The van der Waals surface area contributed by atoms with E-state index in [-0.39, 0.29) is 17.9 Å². The molecule has 2 rings (SSSR count). The fourth-order valence-electron chi connectivity index (χ4n) is 3.64. The zero-order chi connectivity index (χ0) is 20.4. The van der Waals surface area contributed by atoms with Crippen molar-refractivity contribution in [1.29, 1.82) is 0 Å². The number of thiophene rings is 1. The van der Waals surface area contributed by atoms with E-state index in [1.165, 1.54) is 10.4 Å². The number of rotatable bonds is 10. The summed E-state index contributed by atoms with van der Waals surface area (Å²) in [5, 5.41) is 18.1. The van der Waals surface area contributed by atoms with Crippen LogP contribution in [0.25, 0.3) is 0 Å². The summed E-state index contributed by atoms with van der Waals surface area (Å²) in [7, 11) is 0. The number of amides is 1. The minimum absolute atomic E-state index is 0.0406. The van der Waals surface area contributed by atoms with Gasteiger partial charge in [-0.2, -0.15) is 0 Å². The second-order valence-corrected chi connectivity index (χ2v) is 8.49. The van der Waals surface area contributed by atoms with Gasteiger partial charge in [-0.3, -0.25) is 9.79 Å². The van der Waals surface area contributed by atoms with Crippen LogP contribution in [0.1, 0.15) is 56.9 Å². The van der Waals surface area contributed by atoms with Gasteiger partial charge in [0.2, 0.25) is 5.91 Å². The SMILES string of the molecule is CCNC(=NCC(CC)(CC)CCO)NCCC(=O)N1CCc2sccc2C1. The largest absolute Gasteiger partial charge is 0.396 e. The molecule has 6 nitrogen and oxygen atoms in total. The minimum Gasteiger partial charge on any atom is -0.396 e. The Kier molecular flexibility index (Phi) is 9.25. The molecular formula is C21H36N4O2S. The molecular weight excluding hydrogens is 372 g/mol. The molecule has 1 aliphatic heterocycles. The first-order valence-corrected chi connectivity index (χ1v) is 11.4. The maximum atomic E-state index is 12.6. The Labute approximate surface area is 173 Å². The Balaban J connectivity index is 1.84. The summed E-state index contributed by atoms with van der Waals surface area (Å²) in [5.41, 5.74) is 1.34. The highest BCUT2D eigenvalue weighted by atomic mass is 32.1. The number of fused-ring (bicyclic) bond motifs is 1. The number of nitrogens with zero attached hydrogens (tertiary/aromatic N) is 2. The van der Waals surface area contributed by atoms with Gasteiger partial charge in [-0.1, -0.05) is 13.8 Å². The first-order chi connectivity index (χ1) is 13.6. The predicted molar refractivity (Wildman–Crippen MR) is 117 cm³/mol. The zero-order valence-electron chi connectivity index (χ0n) is 17.6. The lowest BCUT2D eigenvalue weighted by atomic mass is 9.79. The van der Waals surface area contributed by atoms with Crippen molar-refractivity contribution in [3.05, 3.63) is 21.9 Å².